The lowest BCUT2D eigenvalue weighted by atomic mass is 10.1. The van der Waals surface area contributed by atoms with Crippen molar-refractivity contribution in [3.05, 3.63) is 64.2 Å². The van der Waals surface area contributed by atoms with Crippen LogP contribution in [0.1, 0.15) is 16.7 Å². The molecule has 2 nitrogen and oxygen atoms in total. The number of hydrogen-bond donors (Lipinski definition) is 1. The average Bonchev–Trinajstić information content (AvgIpc) is 2.85. The molecule has 0 saturated carbocycles. The standard InChI is InChI=1S/C16H17ClN2/c1-18-9-14-15(17)7-4-8-16(14)19-10-12-5-2-3-6-13(12)11-19/h2-8,18H,9-11H2,1H3. The van der Waals surface area contributed by atoms with Gasteiger partial charge in [-0.2, -0.15) is 0 Å². The van der Waals surface area contributed by atoms with Gasteiger partial charge in [-0.3, -0.25) is 0 Å². The predicted octanol–water partition coefficient (Wildman–Crippen LogP) is 3.58. The zero-order chi connectivity index (χ0) is 13.2. The molecule has 19 heavy (non-hydrogen) atoms. The molecule has 2 aromatic carbocycles. The summed E-state index contributed by atoms with van der Waals surface area (Å²) in [7, 11) is 1.95. The van der Waals surface area contributed by atoms with Crippen molar-refractivity contribution in [3.63, 3.8) is 0 Å². The highest BCUT2D eigenvalue weighted by molar-refractivity contribution is 6.31. The second-order valence-corrected chi connectivity index (χ2v) is 5.30. The minimum absolute atomic E-state index is 0.794. The first-order chi connectivity index (χ1) is 9.29. The summed E-state index contributed by atoms with van der Waals surface area (Å²) in [4.78, 5) is 2.39. The summed E-state index contributed by atoms with van der Waals surface area (Å²) in [5, 5.41) is 4.03. The van der Waals surface area contributed by atoms with Gasteiger partial charge in [0.1, 0.15) is 0 Å². The third-order valence-corrected chi connectivity index (χ3v) is 3.98. The molecule has 0 unspecified atom stereocenters. The van der Waals surface area contributed by atoms with Gasteiger partial charge in [0.05, 0.1) is 0 Å². The molecule has 0 fully saturated rings. The Morgan fingerprint density at radius 2 is 1.74 bits per heavy atom. The van der Waals surface area contributed by atoms with Crippen LogP contribution in [0.3, 0.4) is 0 Å². The molecule has 0 atom stereocenters. The number of hydrogen-bond acceptors (Lipinski definition) is 2. The van der Waals surface area contributed by atoms with E-state index in [0.717, 1.165) is 24.7 Å². The Hall–Kier alpha value is -1.51. The lowest BCUT2D eigenvalue weighted by Gasteiger charge is -2.22. The first-order valence-electron chi connectivity index (χ1n) is 6.53. The van der Waals surface area contributed by atoms with Gasteiger partial charge >= 0.3 is 0 Å². The molecule has 3 rings (SSSR count). The first kappa shape index (κ1) is 12.5. The van der Waals surface area contributed by atoms with Gasteiger partial charge in [-0.1, -0.05) is 41.9 Å². The quantitative estimate of drug-likeness (QED) is 0.919. The van der Waals surface area contributed by atoms with Crippen molar-refractivity contribution in [1.29, 1.82) is 0 Å². The topological polar surface area (TPSA) is 15.3 Å². The van der Waals surface area contributed by atoms with Crippen LogP contribution in [-0.4, -0.2) is 7.05 Å². The largest absolute Gasteiger partial charge is 0.363 e. The van der Waals surface area contributed by atoms with Crippen LogP contribution in [0, 0.1) is 0 Å². The Kier molecular flexibility index (Phi) is 3.45. The molecule has 0 spiro atoms. The Balaban J connectivity index is 1.95. The van der Waals surface area contributed by atoms with E-state index >= 15 is 0 Å². The number of benzene rings is 2. The molecule has 0 bridgehead atoms. The Bertz CT molecular complexity index is 570. The number of anilines is 1. The monoisotopic (exact) mass is 272 g/mol. The van der Waals surface area contributed by atoms with Gasteiger partial charge in [0.15, 0.2) is 0 Å². The van der Waals surface area contributed by atoms with E-state index in [0.29, 0.717) is 0 Å². The van der Waals surface area contributed by atoms with Gasteiger partial charge in [-0.05, 0) is 30.3 Å². The minimum atomic E-state index is 0.794. The van der Waals surface area contributed by atoms with Crippen LogP contribution in [0.5, 0.6) is 0 Å². The van der Waals surface area contributed by atoms with Crippen LogP contribution in [-0.2, 0) is 19.6 Å². The molecule has 3 heteroatoms. The molecule has 1 aliphatic rings. The van der Waals surface area contributed by atoms with Crippen molar-refractivity contribution in [1.82, 2.24) is 5.32 Å². The lowest BCUT2D eigenvalue weighted by molar-refractivity contribution is 0.797. The van der Waals surface area contributed by atoms with Crippen molar-refractivity contribution >= 4 is 17.3 Å². The van der Waals surface area contributed by atoms with Gasteiger partial charge in [-0.15, -0.1) is 0 Å². The number of fused-ring (bicyclic) bond motifs is 1. The van der Waals surface area contributed by atoms with E-state index in [2.05, 4.69) is 40.5 Å². The van der Waals surface area contributed by atoms with Crippen molar-refractivity contribution in [3.8, 4) is 0 Å². The molecule has 1 N–H and O–H groups in total. The molecular weight excluding hydrogens is 256 g/mol. The van der Waals surface area contributed by atoms with E-state index in [9.17, 15) is 0 Å². The molecule has 0 amide bonds. The summed E-state index contributed by atoms with van der Waals surface area (Å²) in [5.41, 5.74) is 5.24. The smallest absolute Gasteiger partial charge is 0.0471 e. The Morgan fingerprint density at radius 1 is 1.05 bits per heavy atom. The second-order valence-electron chi connectivity index (χ2n) is 4.89. The molecule has 0 aliphatic carbocycles. The minimum Gasteiger partial charge on any atom is -0.363 e. The zero-order valence-corrected chi connectivity index (χ0v) is 11.7. The zero-order valence-electron chi connectivity index (χ0n) is 11.0. The highest BCUT2D eigenvalue weighted by atomic mass is 35.5. The summed E-state index contributed by atoms with van der Waals surface area (Å²) in [6.45, 7) is 2.72. The number of nitrogens with zero attached hydrogens (tertiary/aromatic N) is 1. The molecule has 2 aromatic rings. The van der Waals surface area contributed by atoms with Crippen LogP contribution < -0.4 is 10.2 Å². The summed E-state index contributed by atoms with van der Waals surface area (Å²) in [6.07, 6.45) is 0. The molecule has 1 aliphatic heterocycles. The molecule has 0 radical (unpaired) electrons. The van der Waals surface area contributed by atoms with E-state index in [1.807, 2.05) is 19.2 Å². The summed E-state index contributed by atoms with van der Waals surface area (Å²) in [5.74, 6) is 0. The van der Waals surface area contributed by atoms with Gasteiger partial charge in [0.2, 0.25) is 0 Å². The van der Waals surface area contributed by atoms with Crippen LogP contribution >= 0.6 is 11.6 Å². The fraction of sp³-hybridized carbons (Fsp3) is 0.250. The van der Waals surface area contributed by atoms with Crippen molar-refractivity contribution < 1.29 is 0 Å². The third-order valence-electron chi connectivity index (χ3n) is 3.63. The van der Waals surface area contributed by atoms with E-state index in [-0.39, 0.29) is 0 Å². The summed E-state index contributed by atoms with van der Waals surface area (Å²) < 4.78 is 0. The maximum Gasteiger partial charge on any atom is 0.0471 e. The fourth-order valence-corrected chi connectivity index (χ4v) is 2.94. The van der Waals surface area contributed by atoms with Crippen LogP contribution in [0.25, 0.3) is 0 Å². The molecule has 0 aromatic heterocycles. The average molecular weight is 273 g/mol. The lowest BCUT2D eigenvalue weighted by Crippen LogP contribution is -2.18. The number of rotatable bonds is 3. The van der Waals surface area contributed by atoms with Gasteiger partial charge < -0.3 is 10.2 Å². The van der Waals surface area contributed by atoms with E-state index in [1.54, 1.807) is 0 Å². The third kappa shape index (κ3) is 2.34. The van der Waals surface area contributed by atoms with Crippen molar-refractivity contribution in [2.75, 3.05) is 11.9 Å². The number of halogens is 1. The van der Waals surface area contributed by atoms with E-state index in [4.69, 9.17) is 11.6 Å². The molecule has 0 saturated heterocycles. The van der Waals surface area contributed by atoms with Crippen LogP contribution in [0.15, 0.2) is 42.5 Å². The SMILES string of the molecule is CNCc1c(Cl)cccc1N1Cc2ccccc2C1. The Labute approximate surface area is 119 Å². The summed E-state index contributed by atoms with van der Waals surface area (Å²) in [6, 6.07) is 14.8. The van der Waals surface area contributed by atoms with Crippen LogP contribution in [0.4, 0.5) is 5.69 Å². The Morgan fingerprint density at radius 3 is 2.37 bits per heavy atom. The molecule has 98 valence electrons. The van der Waals surface area contributed by atoms with Crippen molar-refractivity contribution in [2.45, 2.75) is 19.6 Å². The van der Waals surface area contributed by atoms with E-state index in [1.165, 1.54) is 22.4 Å². The normalized spacial score (nSPS) is 13.7. The van der Waals surface area contributed by atoms with Crippen LogP contribution in [0.2, 0.25) is 5.02 Å². The van der Waals surface area contributed by atoms with E-state index < -0.39 is 0 Å². The highest BCUT2D eigenvalue weighted by Crippen LogP contribution is 2.33. The van der Waals surface area contributed by atoms with Crippen molar-refractivity contribution in [2.24, 2.45) is 0 Å². The number of nitrogens with one attached hydrogen (secondary N) is 1. The molecular formula is C16H17ClN2. The first-order valence-corrected chi connectivity index (χ1v) is 6.91. The van der Waals surface area contributed by atoms with Gasteiger partial charge in [0.25, 0.3) is 0 Å². The van der Waals surface area contributed by atoms with Gasteiger partial charge in [0, 0.05) is 35.9 Å². The highest BCUT2D eigenvalue weighted by Gasteiger charge is 2.21. The second kappa shape index (κ2) is 5.24. The maximum atomic E-state index is 6.33. The molecule has 1 heterocycles. The predicted molar refractivity (Wildman–Crippen MR) is 80.5 cm³/mol. The summed E-state index contributed by atoms with van der Waals surface area (Å²) >= 11 is 6.33. The fourth-order valence-electron chi connectivity index (χ4n) is 2.70. The van der Waals surface area contributed by atoms with Gasteiger partial charge in [-0.25, -0.2) is 0 Å². The maximum absolute atomic E-state index is 6.33.